The summed E-state index contributed by atoms with van der Waals surface area (Å²) in [6.45, 7) is 4.01. The molecule has 2 rings (SSSR count). The molecule has 0 aromatic heterocycles. The lowest BCUT2D eigenvalue weighted by Gasteiger charge is -2.20. The van der Waals surface area contributed by atoms with Crippen LogP contribution in [0.2, 0.25) is 0 Å². The molecule has 0 atom stereocenters. The Hall–Kier alpha value is -1.49. The molecule has 27 heavy (non-hydrogen) atoms. The number of hydrogen-bond acceptors (Lipinski definition) is 3. The van der Waals surface area contributed by atoms with Crippen LogP contribution in [0.15, 0.2) is 18.2 Å². The highest BCUT2D eigenvalue weighted by Crippen LogP contribution is 2.20. The number of thioether (sulfide) groups is 1. The van der Waals surface area contributed by atoms with Crippen LogP contribution in [0.25, 0.3) is 0 Å². The van der Waals surface area contributed by atoms with Crippen LogP contribution in [0.4, 0.5) is 5.69 Å². The molecule has 1 aromatic carbocycles. The van der Waals surface area contributed by atoms with Crippen LogP contribution in [-0.2, 0) is 9.59 Å². The molecule has 0 spiro atoms. The van der Waals surface area contributed by atoms with E-state index in [1.807, 2.05) is 32.0 Å². The van der Waals surface area contributed by atoms with Gasteiger partial charge in [0.05, 0.1) is 5.75 Å². The monoisotopic (exact) mass is 390 g/mol. The Bertz CT molecular complexity index is 590. The Kier molecular flexibility index (Phi) is 9.74. The molecule has 1 aliphatic rings. The van der Waals surface area contributed by atoms with E-state index in [0.29, 0.717) is 18.2 Å². The summed E-state index contributed by atoms with van der Waals surface area (Å²) >= 11 is 1.62. The maximum Gasteiger partial charge on any atom is 0.230 e. The van der Waals surface area contributed by atoms with Crippen molar-refractivity contribution < 1.29 is 9.59 Å². The number of para-hydroxylation sites is 1. The Morgan fingerprint density at radius 2 is 1.63 bits per heavy atom. The van der Waals surface area contributed by atoms with Gasteiger partial charge >= 0.3 is 0 Å². The number of anilines is 1. The van der Waals surface area contributed by atoms with E-state index in [-0.39, 0.29) is 11.8 Å². The standard InChI is InChI=1S/C22H34N2O2S/c1-17-10-8-11-18(2)22(17)24-20(25)14-9-15-27-16-21(26)23-19-12-6-4-3-5-7-13-19/h8,10-11,19H,3-7,9,12-16H2,1-2H3,(H,23,26)(H,24,25). The largest absolute Gasteiger partial charge is 0.353 e. The molecule has 150 valence electrons. The number of carbonyl (C=O) groups excluding carboxylic acids is 2. The minimum atomic E-state index is 0.0481. The van der Waals surface area contributed by atoms with E-state index in [2.05, 4.69) is 10.6 Å². The summed E-state index contributed by atoms with van der Waals surface area (Å²) in [4.78, 5) is 24.2. The minimum absolute atomic E-state index is 0.0481. The van der Waals surface area contributed by atoms with Gasteiger partial charge in [-0.25, -0.2) is 0 Å². The number of hydrogen-bond donors (Lipinski definition) is 2. The fraction of sp³-hybridized carbons (Fsp3) is 0.636. The van der Waals surface area contributed by atoms with E-state index in [1.165, 1.54) is 32.1 Å². The van der Waals surface area contributed by atoms with E-state index < -0.39 is 0 Å². The van der Waals surface area contributed by atoms with Gasteiger partial charge in [-0.3, -0.25) is 9.59 Å². The average molecular weight is 391 g/mol. The van der Waals surface area contributed by atoms with Crippen LogP contribution < -0.4 is 10.6 Å². The third-order valence-corrected chi connectivity index (χ3v) is 6.19. The molecule has 1 fully saturated rings. The summed E-state index contributed by atoms with van der Waals surface area (Å²) in [6.07, 6.45) is 9.91. The number of nitrogens with one attached hydrogen (secondary N) is 2. The Balaban J connectivity index is 1.58. The lowest BCUT2D eigenvalue weighted by atomic mass is 9.97. The van der Waals surface area contributed by atoms with E-state index in [4.69, 9.17) is 0 Å². The van der Waals surface area contributed by atoms with Gasteiger partial charge in [0.25, 0.3) is 0 Å². The Morgan fingerprint density at radius 3 is 2.30 bits per heavy atom. The molecule has 1 aliphatic carbocycles. The highest BCUT2D eigenvalue weighted by atomic mass is 32.2. The smallest absolute Gasteiger partial charge is 0.230 e. The predicted molar refractivity (Wildman–Crippen MR) is 115 cm³/mol. The molecular formula is C22H34N2O2S. The second-order valence-corrected chi connectivity index (χ2v) is 8.69. The predicted octanol–water partition coefficient (Wildman–Crippen LogP) is 4.98. The Morgan fingerprint density at radius 1 is 1.00 bits per heavy atom. The summed E-state index contributed by atoms with van der Waals surface area (Å²) in [5, 5.41) is 6.21. The van der Waals surface area contributed by atoms with Gasteiger partial charge in [-0.2, -0.15) is 11.8 Å². The highest BCUT2D eigenvalue weighted by molar-refractivity contribution is 7.99. The zero-order chi connectivity index (χ0) is 19.5. The molecule has 0 heterocycles. The number of rotatable bonds is 8. The van der Waals surface area contributed by atoms with Crippen LogP contribution >= 0.6 is 11.8 Å². The first-order valence-electron chi connectivity index (χ1n) is 10.3. The zero-order valence-corrected chi connectivity index (χ0v) is 17.6. The molecular weight excluding hydrogens is 356 g/mol. The van der Waals surface area contributed by atoms with Crippen LogP contribution in [0.1, 0.15) is 68.9 Å². The fourth-order valence-corrected chi connectivity index (χ4v) is 4.34. The van der Waals surface area contributed by atoms with Gasteiger partial charge in [0.15, 0.2) is 0 Å². The number of benzene rings is 1. The first kappa shape index (κ1) is 21.8. The fourth-order valence-electron chi connectivity index (χ4n) is 3.58. The molecule has 2 amide bonds. The van der Waals surface area contributed by atoms with Crippen LogP contribution in [0, 0.1) is 13.8 Å². The molecule has 0 unspecified atom stereocenters. The third-order valence-electron chi connectivity index (χ3n) is 5.14. The second-order valence-electron chi connectivity index (χ2n) is 7.58. The summed E-state index contributed by atoms with van der Waals surface area (Å²) in [7, 11) is 0. The molecule has 5 heteroatoms. The van der Waals surface area contributed by atoms with Crippen molar-refractivity contribution in [2.24, 2.45) is 0 Å². The molecule has 2 N–H and O–H groups in total. The van der Waals surface area contributed by atoms with Gasteiger partial charge in [-0.05, 0) is 50.0 Å². The van der Waals surface area contributed by atoms with Crippen molar-refractivity contribution in [1.82, 2.24) is 5.32 Å². The molecule has 0 bridgehead atoms. The molecule has 1 saturated carbocycles. The molecule has 0 radical (unpaired) electrons. The van der Waals surface area contributed by atoms with Crippen molar-refractivity contribution in [3.8, 4) is 0 Å². The first-order chi connectivity index (χ1) is 13.1. The summed E-state index contributed by atoms with van der Waals surface area (Å²) < 4.78 is 0. The quantitative estimate of drug-likeness (QED) is 0.615. The summed E-state index contributed by atoms with van der Waals surface area (Å²) in [5.41, 5.74) is 3.10. The maximum absolute atomic E-state index is 12.1. The van der Waals surface area contributed by atoms with Crippen LogP contribution in [-0.4, -0.2) is 29.4 Å². The van der Waals surface area contributed by atoms with Crippen LogP contribution in [0.3, 0.4) is 0 Å². The first-order valence-corrected chi connectivity index (χ1v) is 11.4. The lowest BCUT2D eigenvalue weighted by molar-refractivity contribution is -0.119. The van der Waals surface area contributed by atoms with Gasteiger partial charge in [-0.15, -0.1) is 0 Å². The summed E-state index contributed by atoms with van der Waals surface area (Å²) in [6, 6.07) is 6.38. The van der Waals surface area contributed by atoms with Crippen molar-refractivity contribution in [2.75, 3.05) is 16.8 Å². The SMILES string of the molecule is Cc1cccc(C)c1NC(=O)CCCSCC(=O)NC1CCCCCCC1. The van der Waals surface area contributed by atoms with Gasteiger partial charge in [0.2, 0.25) is 11.8 Å². The number of carbonyl (C=O) groups is 2. The van der Waals surface area contributed by atoms with E-state index in [0.717, 1.165) is 41.8 Å². The van der Waals surface area contributed by atoms with Gasteiger partial charge in [-0.1, -0.05) is 50.3 Å². The lowest BCUT2D eigenvalue weighted by Crippen LogP contribution is -2.36. The normalized spacial score (nSPS) is 15.6. The molecule has 4 nitrogen and oxygen atoms in total. The van der Waals surface area contributed by atoms with Gasteiger partial charge in [0, 0.05) is 18.2 Å². The van der Waals surface area contributed by atoms with Crippen LogP contribution in [0.5, 0.6) is 0 Å². The van der Waals surface area contributed by atoms with E-state index >= 15 is 0 Å². The number of amides is 2. The zero-order valence-electron chi connectivity index (χ0n) is 16.8. The van der Waals surface area contributed by atoms with Crippen molar-refractivity contribution >= 4 is 29.3 Å². The third kappa shape index (κ3) is 8.37. The van der Waals surface area contributed by atoms with Gasteiger partial charge in [0.1, 0.15) is 0 Å². The topological polar surface area (TPSA) is 58.2 Å². The van der Waals surface area contributed by atoms with Crippen molar-refractivity contribution in [3.63, 3.8) is 0 Å². The van der Waals surface area contributed by atoms with E-state index in [1.54, 1.807) is 11.8 Å². The molecule has 0 aliphatic heterocycles. The maximum atomic E-state index is 12.1. The van der Waals surface area contributed by atoms with Crippen molar-refractivity contribution in [3.05, 3.63) is 29.3 Å². The second kappa shape index (κ2) is 12.1. The Labute approximate surface area is 168 Å². The molecule has 1 aromatic rings. The summed E-state index contributed by atoms with van der Waals surface area (Å²) in [5.74, 6) is 1.52. The van der Waals surface area contributed by atoms with Crippen molar-refractivity contribution in [2.45, 2.75) is 77.7 Å². The number of aryl methyl sites for hydroxylation is 2. The minimum Gasteiger partial charge on any atom is -0.353 e. The van der Waals surface area contributed by atoms with Gasteiger partial charge < -0.3 is 10.6 Å². The molecule has 0 saturated heterocycles. The van der Waals surface area contributed by atoms with Crippen molar-refractivity contribution in [1.29, 1.82) is 0 Å². The highest BCUT2D eigenvalue weighted by Gasteiger charge is 2.14. The van der Waals surface area contributed by atoms with E-state index in [9.17, 15) is 9.59 Å². The average Bonchev–Trinajstić information content (AvgIpc) is 2.60.